The van der Waals surface area contributed by atoms with E-state index in [9.17, 15) is 0 Å². The smallest absolute Gasteiger partial charge is 0.194 e. The minimum absolute atomic E-state index is 1.28. The van der Waals surface area contributed by atoms with Crippen LogP contribution in [0.5, 0.6) is 0 Å². The summed E-state index contributed by atoms with van der Waals surface area (Å²) in [4.78, 5) is 0. The number of rotatable bonds is 1. The largest absolute Gasteiger partial charge is 0.213 e. The molecule has 0 saturated carbocycles. The van der Waals surface area contributed by atoms with Crippen LogP contribution in [0.2, 0.25) is 0 Å². The van der Waals surface area contributed by atoms with Crippen LogP contribution in [0.25, 0.3) is 32.9 Å². The quantitative estimate of drug-likeness (QED) is 0.294. The van der Waals surface area contributed by atoms with Gasteiger partial charge in [0.25, 0.3) is 0 Å². The Balaban J connectivity index is 2.33. The summed E-state index contributed by atoms with van der Waals surface area (Å²) in [5.41, 5.74) is 12.0. The highest BCUT2D eigenvalue weighted by Crippen LogP contribution is 2.39. The first-order valence-electron chi connectivity index (χ1n) is 9.28. The number of para-hydroxylation sites is 1. The Bertz CT molecular complexity index is 1160. The van der Waals surface area contributed by atoms with Gasteiger partial charge in [-0.25, -0.2) is 0 Å². The lowest BCUT2D eigenvalue weighted by atomic mass is 9.87. The predicted octanol–water partition coefficient (Wildman–Crippen LogP) is 6.03. The van der Waals surface area contributed by atoms with Crippen molar-refractivity contribution in [2.24, 2.45) is 7.05 Å². The highest BCUT2D eigenvalue weighted by atomic mass is 14.9. The van der Waals surface area contributed by atoms with E-state index >= 15 is 0 Å². The van der Waals surface area contributed by atoms with Crippen LogP contribution in [0.4, 0.5) is 0 Å². The second-order valence-electron chi connectivity index (χ2n) is 7.70. The lowest BCUT2D eigenvalue weighted by molar-refractivity contribution is -0.617. The Hall–Kier alpha value is -2.67. The van der Waals surface area contributed by atoms with Crippen molar-refractivity contribution in [1.29, 1.82) is 0 Å². The van der Waals surface area contributed by atoms with E-state index in [1.807, 2.05) is 0 Å². The third-order valence-corrected chi connectivity index (χ3v) is 5.53. The number of aryl methyl sites for hydroxylation is 6. The molecule has 1 nitrogen and oxygen atoms in total. The summed E-state index contributed by atoms with van der Waals surface area (Å²) in [6, 6.07) is 18.0. The summed E-state index contributed by atoms with van der Waals surface area (Å²) in [7, 11) is 2.18. The number of fused-ring (bicyclic) bond motifs is 2. The second-order valence-corrected chi connectivity index (χ2v) is 7.70. The zero-order valence-electron chi connectivity index (χ0n) is 16.6. The Morgan fingerprint density at radius 1 is 0.615 bits per heavy atom. The molecule has 1 aromatic heterocycles. The monoisotopic (exact) mass is 340 g/mol. The van der Waals surface area contributed by atoms with E-state index in [-0.39, 0.29) is 0 Å². The first-order valence-corrected chi connectivity index (χ1v) is 9.28. The first-order chi connectivity index (χ1) is 12.4. The average molecular weight is 340 g/mol. The average Bonchev–Trinajstić information content (AvgIpc) is 2.57. The summed E-state index contributed by atoms with van der Waals surface area (Å²) in [5, 5.41) is 2.69. The summed E-state index contributed by atoms with van der Waals surface area (Å²) >= 11 is 0. The van der Waals surface area contributed by atoms with Crippen LogP contribution in [0, 0.1) is 34.6 Å². The molecule has 0 radical (unpaired) electrons. The molecule has 0 unspecified atom stereocenters. The molecule has 1 heteroatoms. The molecule has 0 spiro atoms. The second kappa shape index (κ2) is 5.95. The molecule has 4 aromatic rings. The van der Waals surface area contributed by atoms with Gasteiger partial charge in [0.05, 0.1) is 10.8 Å². The molecular weight excluding hydrogens is 314 g/mol. The van der Waals surface area contributed by atoms with E-state index in [2.05, 4.69) is 94.8 Å². The summed E-state index contributed by atoms with van der Waals surface area (Å²) in [6.07, 6.45) is 0. The molecular formula is C25H26N+. The lowest BCUT2D eigenvalue weighted by Crippen LogP contribution is -2.30. The molecule has 0 fully saturated rings. The third-order valence-electron chi connectivity index (χ3n) is 5.53. The van der Waals surface area contributed by atoms with Crippen LogP contribution >= 0.6 is 0 Å². The first kappa shape index (κ1) is 16.8. The molecule has 0 bridgehead atoms. The van der Waals surface area contributed by atoms with Crippen molar-refractivity contribution in [2.75, 3.05) is 0 Å². The van der Waals surface area contributed by atoms with Gasteiger partial charge < -0.3 is 0 Å². The van der Waals surface area contributed by atoms with Crippen molar-refractivity contribution in [3.8, 4) is 11.1 Å². The van der Waals surface area contributed by atoms with Gasteiger partial charge in [-0.3, -0.25) is 0 Å². The fourth-order valence-corrected chi connectivity index (χ4v) is 4.61. The maximum atomic E-state index is 2.34. The minimum Gasteiger partial charge on any atom is -0.194 e. The van der Waals surface area contributed by atoms with E-state index in [1.165, 1.54) is 60.8 Å². The predicted molar refractivity (Wildman–Crippen MR) is 112 cm³/mol. The van der Waals surface area contributed by atoms with Crippen molar-refractivity contribution in [3.63, 3.8) is 0 Å². The Morgan fingerprint density at radius 3 is 1.88 bits per heavy atom. The third kappa shape index (κ3) is 2.42. The molecule has 26 heavy (non-hydrogen) atoms. The molecule has 0 atom stereocenters. The number of hydrogen-bond acceptors (Lipinski definition) is 0. The standard InChI is InChI=1S/C25H26N/c1-15-11-17(3)23(18(4)12-15)25-20-9-7-8-10-21(20)26(6)22-14-16(2)13-19(5)24(22)25/h7-14H,1-6H3/q+1. The van der Waals surface area contributed by atoms with E-state index in [4.69, 9.17) is 0 Å². The zero-order valence-corrected chi connectivity index (χ0v) is 16.6. The Morgan fingerprint density at radius 2 is 1.19 bits per heavy atom. The van der Waals surface area contributed by atoms with Crippen LogP contribution in [-0.4, -0.2) is 0 Å². The Kier molecular flexibility index (Phi) is 3.84. The van der Waals surface area contributed by atoms with Gasteiger partial charge in [-0.2, -0.15) is 4.57 Å². The molecule has 0 aliphatic rings. The molecule has 1 heterocycles. The Labute approximate surface area is 155 Å². The van der Waals surface area contributed by atoms with Crippen LogP contribution in [-0.2, 0) is 7.05 Å². The molecule has 0 aliphatic carbocycles. The topological polar surface area (TPSA) is 3.88 Å². The van der Waals surface area contributed by atoms with Crippen molar-refractivity contribution >= 4 is 21.8 Å². The van der Waals surface area contributed by atoms with Crippen LogP contribution in [0.1, 0.15) is 27.8 Å². The molecule has 0 amide bonds. The molecule has 0 saturated heterocycles. The van der Waals surface area contributed by atoms with Gasteiger partial charge in [0, 0.05) is 17.7 Å². The van der Waals surface area contributed by atoms with Crippen molar-refractivity contribution < 1.29 is 4.57 Å². The number of benzene rings is 3. The molecule has 0 aliphatic heterocycles. The number of pyridine rings is 1. The van der Waals surface area contributed by atoms with E-state index in [0.29, 0.717) is 0 Å². The summed E-state index contributed by atoms with van der Waals surface area (Å²) in [5.74, 6) is 0. The van der Waals surface area contributed by atoms with Gasteiger partial charge in [0.1, 0.15) is 7.05 Å². The fourth-order valence-electron chi connectivity index (χ4n) is 4.61. The van der Waals surface area contributed by atoms with Crippen molar-refractivity contribution in [2.45, 2.75) is 34.6 Å². The van der Waals surface area contributed by atoms with E-state index in [0.717, 1.165) is 0 Å². The summed E-state index contributed by atoms with van der Waals surface area (Å²) < 4.78 is 2.34. The highest BCUT2D eigenvalue weighted by molar-refractivity contribution is 6.09. The van der Waals surface area contributed by atoms with Gasteiger partial charge in [-0.05, 0) is 68.5 Å². The van der Waals surface area contributed by atoms with Gasteiger partial charge in [-0.1, -0.05) is 35.9 Å². The minimum atomic E-state index is 1.28. The zero-order chi connectivity index (χ0) is 18.6. The van der Waals surface area contributed by atoms with Crippen LogP contribution in [0.15, 0.2) is 48.5 Å². The molecule has 3 aromatic carbocycles. The maximum Gasteiger partial charge on any atom is 0.213 e. The van der Waals surface area contributed by atoms with Gasteiger partial charge in [-0.15, -0.1) is 0 Å². The molecule has 4 rings (SSSR count). The van der Waals surface area contributed by atoms with E-state index < -0.39 is 0 Å². The van der Waals surface area contributed by atoms with Crippen LogP contribution in [0.3, 0.4) is 0 Å². The van der Waals surface area contributed by atoms with Gasteiger partial charge in [0.15, 0.2) is 0 Å². The van der Waals surface area contributed by atoms with Crippen LogP contribution < -0.4 is 4.57 Å². The normalized spacial score (nSPS) is 11.5. The van der Waals surface area contributed by atoms with Crippen molar-refractivity contribution in [1.82, 2.24) is 0 Å². The SMILES string of the molecule is Cc1cc(C)c(-c2c3ccccc3[n+](C)c3cc(C)cc(C)c23)c(C)c1. The number of hydrogen-bond donors (Lipinski definition) is 0. The molecule has 130 valence electrons. The van der Waals surface area contributed by atoms with E-state index in [1.54, 1.807) is 0 Å². The maximum absolute atomic E-state index is 2.34. The molecule has 0 N–H and O–H groups in total. The van der Waals surface area contributed by atoms with Gasteiger partial charge >= 0.3 is 0 Å². The highest BCUT2D eigenvalue weighted by Gasteiger charge is 2.22. The lowest BCUT2D eigenvalue weighted by Gasteiger charge is -2.17. The summed E-state index contributed by atoms with van der Waals surface area (Å²) in [6.45, 7) is 11.1. The number of aromatic nitrogens is 1. The number of nitrogens with zero attached hydrogens (tertiary/aromatic N) is 1. The van der Waals surface area contributed by atoms with Crippen molar-refractivity contribution in [3.05, 3.63) is 76.3 Å². The van der Waals surface area contributed by atoms with Gasteiger partial charge in [0.2, 0.25) is 11.0 Å². The fraction of sp³-hybridized carbons (Fsp3) is 0.240.